The normalized spacial score (nSPS) is 11.6. The molecular weight excluding hydrogens is 673 g/mol. The Hall–Kier alpha value is -7.86. The Morgan fingerprint density at radius 1 is 0.418 bits per heavy atom. The Balaban J connectivity index is 1.21. The van der Waals surface area contributed by atoms with Crippen LogP contribution in [0.5, 0.6) is 0 Å². The Morgan fingerprint density at radius 3 is 1.75 bits per heavy atom. The first-order valence-corrected chi connectivity index (χ1v) is 18.2. The third-order valence-corrected chi connectivity index (χ3v) is 10.9. The van der Waals surface area contributed by atoms with E-state index in [4.69, 9.17) is 4.42 Å². The van der Waals surface area contributed by atoms with Crippen LogP contribution >= 0.6 is 0 Å². The first-order chi connectivity index (χ1) is 27.2. The molecule has 5 nitrogen and oxygen atoms in total. The van der Waals surface area contributed by atoms with Gasteiger partial charge in [0.2, 0.25) is 0 Å². The van der Waals surface area contributed by atoms with Gasteiger partial charge in [0.25, 0.3) is 0 Å². The summed E-state index contributed by atoms with van der Waals surface area (Å²) in [5, 5.41) is 26.3. The second-order valence-electron chi connectivity index (χ2n) is 14.0. The van der Waals surface area contributed by atoms with E-state index < -0.39 is 0 Å². The number of hydrogen-bond acceptors (Lipinski definition) is 3. The van der Waals surface area contributed by atoms with E-state index in [1.807, 2.05) is 36.4 Å². The van der Waals surface area contributed by atoms with E-state index in [0.29, 0.717) is 11.1 Å². The monoisotopic (exact) mass is 700 g/mol. The lowest BCUT2D eigenvalue weighted by Crippen LogP contribution is -2.01. The Kier molecular flexibility index (Phi) is 6.61. The minimum absolute atomic E-state index is 0.459. The summed E-state index contributed by atoms with van der Waals surface area (Å²) in [6.07, 6.45) is 0. The molecule has 0 fully saturated rings. The van der Waals surface area contributed by atoms with Crippen LogP contribution in [0.3, 0.4) is 0 Å². The summed E-state index contributed by atoms with van der Waals surface area (Å²) >= 11 is 0. The summed E-state index contributed by atoms with van der Waals surface area (Å²) in [7, 11) is 0. The van der Waals surface area contributed by atoms with Crippen molar-refractivity contribution in [2.75, 3.05) is 0 Å². The number of nitrogens with zero attached hydrogens (tertiary/aromatic N) is 4. The maximum Gasteiger partial charge on any atom is 0.145 e. The molecule has 3 heterocycles. The predicted molar refractivity (Wildman–Crippen MR) is 223 cm³/mol. The van der Waals surface area contributed by atoms with E-state index in [0.717, 1.165) is 88.4 Å². The van der Waals surface area contributed by atoms with Crippen LogP contribution in [0, 0.1) is 22.7 Å². The average Bonchev–Trinajstić information content (AvgIpc) is 3.91. The molecule has 55 heavy (non-hydrogen) atoms. The van der Waals surface area contributed by atoms with Gasteiger partial charge in [-0.05, 0) is 89.5 Å². The van der Waals surface area contributed by atoms with Gasteiger partial charge in [-0.3, -0.25) is 0 Å². The molecular formula is C50H28N4O. The molecule has 8 aromatic carbocycles. The second-order valence-corrected chi connectivity index (χ2v) is 14.0. The molecule has 0 saturated carbocycles. The van der Waals surface area contributed by atoms with Gasteiger partial charge in [0.05, 0.1) is 56.4 Å². The molecule has 0 spiro atoms. The SMILES string of the molecule is N#Cc1cc(C#N)cc(-c2cccc(-c3ccc(-n4c5ccccc5c5c6oc7ccccc7c6ccc54)cc3-n3c4ccccc4c4ccccc43)c2)c1. The molecule has 0 radical (unpaired) electrons. The van der Waals surface area contributed by atoms with Gasteiger partial charge < -0.3 is 13.6 Å². The standard InChI is InChI=1S/C50H28N4O/c51-29-31-24-32(30-52)26-35(25-31)33-10-9-11-34(27-33)37-21-20-36(28-47(37)54-43-16-5-1-12-38(43)39-13-2-6-17-44(39)54)53-45-18-7-3-15-42(45)49-46(53)23-22-41-40-14-4-8-19-48(40)55-50(41)49/h1-28H. The molecule has 0 atom stereocenters. The molecule has 11 aromatic rings. The molecule has 0 N–H and O–H groups in total. The van der Waals surface area contributed by atoms with Gasteiger partial charge in [0, 0.05) is 38.2 Å². The Bertz CT molecular complexity index is 3390. The van der Waals surface area contributed by atoms with Crippen LogP contribution in [-0.4, -0.2) is 9.13 Å². The molecule has 0 aliphatic carbocycles. The second kappa shape index (κ2) is 11.8. The lowest BCUT2D eigenvalue weighted by molar-refractivity contribution is 0.673. The third kappa shape index (κ3) is 4.58. The summed E-state index contributed by atoms with van der Waals surface area (Å²) in [5.41, 5.74) is 13.0. The van der Waals surface area contributed by atoms with Crippen molar-refractivity contribution in [3.8, 4) is 45.8 Å². The minimum atomic E-state index is 0.459. The van der Waals surface area contributed by atoms with E-state index in [2.05, 4.69) is 149 Å². The number of fused-ring (bicyclic) bond motifs is 10. The third-order valence-electron chi connectivity index (χ3n) is 10.9. The van der Waals surface area contributed by atoms with Crippen LogP contribution in [-0.2, 0) is 0 Å². The number of rotatable bonds is 4. The fourth-order valence-electron chi connectivity index (χ4n) is 8.57. The van der Waals surface area contributed by atoms with Gasteiger partial charge in [-0.1, -0.05) is 97.1 Å². The highest BCUT2D eigenvalue weighted by atomic mass is 16.3. The fourth-order valence-corrected chi connectivity index (χ4v) is 8.57. The van der Waals surface area contributed by atoms with Crippen LogP contribution in [0.25, 0.3) is 99.2 Å². The summed E-state index contributed by atoms with van der Waals surface area (Å²) in [4.78, 5) is 0. The van der Waals surface area contributed by atoms with E-state index in [1.165, 1.54) is 10.8 Å². The zero-order chi connectivity index (χ0) is 36.6. The highest BCUT2D eigenvalue weighted by Gasteiger charge is 2.21. The molecule has 0 saturated heterocycles. The zero-order valence-electron chi connectivity index (χ0n) is 29.4. The van der Waals surface area contributed by atoms with Crippen molar-refractivity contribution in [1.82, 2.24) is 9.13 Å². The summed E-state index contributed by atoms with van der Waals surface area (Å²) in [6, 6.07) is 63.2. The summed E-state index contributed by atoms with van der Waals surface area (Å²) in [5.74, 6) is 0. The Labute approximate surface area is 315 Å². The maximum atomic E-state index is 9.73. The molecule has 0 unspecified atom stereocenters. The summed E-state index contributed by atoms with van der Waals surface area (Å²) in [6.45, 7) is 0. The van der Waals surface area contributed by atoms with Gasteiger partial charge in [-0.2, -0.15) is 10.5 Å². The highest BCUT2D eigenvalue weighted by Crippen LogP contribution is 2.43. The van der Waals surface area contributed by atoms with Crippen LogP contribution in [0.2, 0.25) is 0 Å². The van der Waals surface area contributed by atoms with Crippen molar-refractivity contribution >= 4 is 65.6 Å². The van der Waals surface area contributed by atoms with Crippen molar-refractivity contribution in [3.63, 3.8) is 0 Å². The first-order valence-electron chi connectivity index (χ1n) is 18.2. The molecule has 0 amide bonds. The number of nitriles is 2. The van der Waals surface area contributed by atoms with Gasteiger partial charge in [0.1, 0.15) is 11.2 Å². The molecule has 11 rings (SSSR count). The smallest absolute Gasteiger partial charge is 0.145 e. The van der Waals surface area contributed by atoms with Crippen molar-refractivity contribution < 1.29 is 4.42 Å². The largest absolute Gasteiger partial charge is 0.455 e. The molecule has 5 heteroatoms. The molecule has 3 aromatic heterocycles. The lowest BCUT2D eigenvalue weighted by Gasteiger charge is -2.18. The lowest BCUT2D eigenvalue weighted by atomic mass is 9.95. The average molecular weight is 701 g/mol. The van der Waals surface area contributed by atoms with Crippen LogP contribution < -0.4 is 0 Å². The number of para-hydroxylation sites is 4. The van der Waals surface area contributed by atoms with Crippen molar-refractivity contribution in [2.45, 2.75) is 0 Å². The van der Waals surface area contributed by atoms with Gasteiger partial charge in [-0.15, -0.1) is 0 Å². The number of hydrogen-bond donors (Lipinski definition) is 0. The molecule has 0 aliphatic heterocycles. The number of benzene rings is 8. The summed E-state index contributed by atoms with van der Waals surface area (Å²) < 4.78 is 11.3. The van der Waals surface area contributed by atoms with Crippen molar-refractivity contribution in [2.24, 2.45) is 0 Å². The minimum Gasteiger partial charge on any atom is -0.455 e. The number of furan rings is 1. The first kappa shape index (κ1) is 30.7. The van der Waals surface area contributed by atoms with Gasteiger partial charge in [0.15, 0.2) is 0 Å². The zero-order valence-corrected chi connectivity index (χ0v) is 29.4. The molecule has 0 bridgehead atoms. The van der Waals surface area contributed by atoms with Gasteiger partial charge in [-0.25, -0.2) is 0 Å². The van der Waals surface area contributed by atoms with E-state index in [1.54, 1.807) is 6.07 Å². The quantitative estimate of drug-likeness (QED) is 0.183. The van der Waals surface area contributed by atoms with E-state index >= 15 is 0 Å². The van der Waals surface area contributed by atoms with Crippen molar-refractivity contribution in [3.05, 3.63) is 181 Å². The fraction of sp³-hybridized carbons (Fsp3) is 0. The molecule has 0 aliphatic rings. The Morgan fingerprint density at radius 2 is 1.04 bits per heavy atom. The predicted octanol–water partition coefficient (Wildman–Crippen LogP) is 12.9. The van der Waals surface area contributed by atoms with E-state index in [-0.39, 0.29) is 0 Å². The van der Waals surface area contributed by atoms with Gasteiger partial charge >= 0.3 is 0 Å². The van der Waals surface area contributed by atoms with Crippen molar-refractivity contribution in [1.29, 1.82) is 10.5 Å². The maximum absolute atomic E-state index is 9.73. The van der Waals surface area contributed by atoms with Crippen LogP contribution in [0.1, 0.15) is 11.1 Å². The number of aromatic nitrogens is 2. The molecule has 254 valence electrons. The van der Waals surface area contributed by atoms with Crippen LogP contribution in [0.15, 0.2) is 174 Å². The topological polar surface area (TPSA) is 70.6 Å². The van der Waals surface area contributed by atoms with E-state index in [9.17, 15) is 10.5 Å². The highest BCUT2D eigenvalue weighted by molar-refractivity contribution is 6.24. The van der Waals surface area contributed by atoms with Crippen LogP contribution in [0.4, 0.5) is 0 Å².